The van der Waals surface area contributed by atoms with Crippen LogP contribution in [0, 0.1) is 0 Å². The standard InChI is InChI=1S/C9H9N5O2/c1-4-2-5(15)14-8(16)6-7(11-3-10-6)13-9(14)12-4/h3-5,15H,2H2,1H3. The Hall–Kier alpha value is -1.89. The molecule has 0 saturated carbocycles. The minimum Gasteiger partial charge on any atom is -0.373 e. The lowest BCUT2D eigenvalue weighted by atomic mass is 10.2. The van der Waals surface area contributed by atoms with Crippen molar-refractivity contribution >= 4 is 12.2 Å². The molecule has 0 spiro atoms. The van der Waals surface area contributed by atoms with Crippen LogP contribution in [0.3, 0.4) is 0 Å². The quantitative estimate of drug-likeness (QED) is 0.572. The summed E-state index contributed by atoms with van der Waals surface area (Å²) >= 11 is 0. The van der Waals surface area contributed by atoms with E-state index in [1.54, 1.807) is 0 Å². The van der Waals surface area contributed by atoms with Crippen molar-refractivity contribution < 1.29 is 5.11 Å². The van der Waals surface area contributed by atoms with Crippen LogP contribution in [-0.4, -0.2) is 27.0 Å². The summed E-state index contributed by atoms with van der Waals surface area (Å²) < 4.78 is 1.16. The number of fused-ring (bicyclic) bond motifs is 2. The first kappa shape index (κ1) is 9.34. The number of aliphatic hydroxyl groups excluding tert-OH is 1. The average molecular weight is 219 g/mol. The fraction of sp³-hybridized carbons (Fsp3) is 0.444. The Kier molecular flexibility index (Phi) is 1.78. The zero-order valence-electron chi connectivity index (χ0n) is 8.53. The van der Waals surface area contributed by atoms with Gasteiger partial charge in [-0.2, -0.15) is 4.98 Å². The molecule has 1 N–H and O–H groups in total. The lowest BCUT2D eigenvalue weighted by Crippen LogP contribution is -2.49. The predicted molar refractivity (Wildman–Crippen MR) is 54.3 cm³/mol. The van der Waals surface area contributed by atoms with Crippen molar-refractivity contribution in [3.63, 3.8) is 0 Å². The molecule has 1 aromatic heterocycles. The zero-order valence-corrected chi connectivity index (χ0v) is 8.53. The first-order valence-electron chi connectivity index (χ1n) is 4.95. The van der Waals surface area contributed by atoms with Crippen LogP contribution in [0.25, 0.3) is 0 Å². The molecule has 16 heavy (non-hydrogen) atoms. The Morgan fingerprint density at radius 2 is 2.38 bits per heavy atom. The number of aromatic nitrogens is 2. The Morgan fingerprint density at radius 3 is 3.19 bits per heavy atom. The zero-order chi connectivity index (χ0) is 11.3. The first-order chi connectivity index (χ1) is 7.66. The van der Waals surface area contributed by atoms with E-state index < -0.39 is 6.23 Å². The highest BCUT2D eigenvalue weighted by molar-refractivity contribution is 5.64. The monoisotopic (exact) mass is 219 g/mol. The molecule has 82 valence electrons. The molecule has 7 heteroatoms. The van der Waals surface area contributed by atoms with E-state index in [0.29, 0.717) is 6.42 Å². The van der Waals surface area contributed by atoms with Crippen LogP contribution in [0.15, 0.2) is 19.8 Å². The third kappa shape index (κ3) is 1.15. The van der Waals surface area contributed by atoms with E-state index in [4.69, 9.17) is 0 Å². The highest BCUT2D eigenvalue weighted by Gasteiger charge is 2.22. The third-order valence-electron chi connectivity index (χ3n) is 2.61. The molecule has 2 aliphatic rings. The molecule has 7 nitrogen and oxygen atoms in total. The number of nitrogens with zero attached hydrogens (tertiary/aromatic N) is 5. The third-order valence-corrected chi connectivity index (χ3v) is 2.61. The second-order valence-electron chi connectivity index (χ2n) is 3.83. The van der Waals surface area contributed by atoms with Crippen molar-refractivity contribution in [2.24, 2.45) is 15.0 Å². The maximum atomic E-state index is 12.0. The van der Waals surface area contributed by atoms with Gasteiger partial charge in [0.25, 0.3) is 5.56 Å². The molecular formula is C9H9N5O2. The molecule has 1 aromatic rings. The largest absolute Gasteiger partial charge is 0.373 e. The summed E-state index contributed by atoms with van der Waals surface area (Å²) in [6, 6.07) is -0.0535. The van der Waals surface area contributed by atoms with E-state index >= 15 is 0 Å². The van der Waals surface area contributed by atoms with Gasteiger partial charge in [0.15, 0.2) is 11.2 Å². The molecule has 0 aromatic carbocycles. The summed E-state index contributed by atoms with van der Waals surface area (Å²) in [5.41, 5.74) is -0.162. The van der Waals surface area contributed by atoms with Gasteiger partial charge in [-0.25, -0.2) is 19.5 Å². The molecule has 3 rings (SSSR count). The summed E-state index contributed by atoms with van der Waals surface area (Å²) in [5, 5.41) is 10.00. The minimum atomic E-state index is -0.886. The SMILES string of the molecule is CC1CC(O)n2c(nc3c(c2=O)=NC=N3)=N1. The molecule has 3 heterocycles. The molecule has 2 atom stereocenters. The maximum absolute atomic E-state index is 12.0. The van der Waals surface area contributed by atoms with Crippen molar-refractivity contribution in [3.8, 4) is 0 Å². The fourth-order valence-electron chi connectivity index (χ4n) is 1.87. The van der Waals surface area contributed by atoms with Crippen LogP contribution >= 0.6 is 0 Å². The minimum absolute atomic E-state index is 0.0535. The Morgan fingerprint density at radius 1 is 1.56 bits per heavy atom. The van der Waals surface area contributed by atoms with E-state index in [9.17, 15) is 9.90 Å². The molecular weight excluding hydrogens is 210 g/mol. The van der Waals surface area contributed by atoms with Crippen LogP contribution < -0.4 is 16.5 Å². The average Bonchev–Trinajstić information content (AvgIpc) is 2.64. The maximum Gasteiger partial charge on any atom is 0.285 e. The Labute approximate surface area is 89.5 Å². The second kappa shape index (κ2) is 3.05. The smallest absolute Gasteiger partial charge is 0.285 e. The predicted octanol–water partition coefficient (Wildman–Crippen LogP) is -1.56. The van der Waals surface area contributed by atoms with Gasteiger partial charge in [-0.3, -0.25) is 4.79 Å². The van der Waals surface area contributed by atoms with E-state index in [-0.39, 0.29) is 28.4 Å². The number of rotatable bonds is 0. The van der Waals surface area contributed by atoms with Gasteiger partial charge in [0, 0.05) is 6.42 Å². The molecule has 0 fully saturated rings. The van der Waals surface area contributed by atoms with Crippen LogP contribution in [-0.2, 0) is 0 Å². The summed E-state index contributed by atoms with van der Waals surface area (Å²) in [5.74, 6) is 0.279. The summed E-state index contributed by atoms with van der Waals surface area (Å²) in [7, 11) is 0. The van der Waals surface area contributed by atoms with Crippen molar-refractivity contribution in [2.45, 2.75) is 25.6 Å². The Balaban J connectivity index is 2.45. The van der Waals surface area contributed by atoms with Crippen molar-refractivity contribution in [1.29, 1.82) is 0 Å². The van der Waals surface area contributed by atoms with E-state index in [0.717, 1.165) is 4.57 Å². The lowest BCUT2D eigenvalue weighted by Gasteiger charge is -2.20. The number of hydrogen-bond acceptors (Lipinski definition) is 6. The van der Waals surface area contributed by atoms with Crippen molar-refractivity contribution in [2.75, 3.05) is 0 Å². The van der Waals surface area contributed by atoms with E-state index in [1.165, 1.54) is 6.34 Å². The van der Waals surface area contributed by atoms with Gasteiger partial charge in [-0.05, 0) is 6.92 Å². The van der Waals surface area contributed by atoms with Gasteiger partial charge in [0.2, 0.25) is 5.62 Å². The highest BCUT2D eigenvalue weighted by Crippen LogP contribution is 2.12. The van der Waals surface area contributed by atoms with E-state index in [1.807, 2.05) is 6.92 Å². The Bertz CT molecular complexity index is 660. The first-order valence-corrected chi connectivity index (χ1v) is 4.95. The molecule has 0 bridgehead atoms. The molecule has 0 saturated heterocycles. The van der Waals surface area contributed by atoms with Gasteiger partial charge < -0.3 is 5.11 Å². The van der Waals surface area contributed by atoms with Gasteiger partial charge in [0.1, 0.15) is 12.6 Å². The normalized spacial score (nSPS) is 25.6. The molecule has 0 amide bonds. The number of hydrogen-bond donors (Lipinski definition) is 1. The molecule has 2 unspecified atom stereocenters. The molecule has 0 aliphatic carbocycles. The van der Waals surface area contributed by atoms with E-state index in [2.05, 4.69) is 20.0 Å². The van der Waals surface area contributed by atoms with Gasteiger partial charge >= 0.3 is 0 Å². The van der Waals surface area contributed by atoms with Crippen LogP contribution in [0.5, 0.6) is 0 Å². The highest BCUT2D eigenvalue weighted by atomic mass is 16.3. The molecule has 2 aliphatic heterocycles. The summed E-state index contributed by atoms with van der Waals surface area (Å²) in [6.07, 6.45) is 0.804. The van der Waals surface area contributed by atoms with Gasteiger partial charge in [0.05, 0.1) is 6.04 Å². The van der Waals surface area contributed by atoms with Crippen molar-refractivity contribution in [3.05, 3.63) is 21.3 Å². The van der Waals surface area contributed by atoms with Crippen LogP contribution in [0.2, 0.25) is 0 Å². The topological polar surface area (TPSA) is 92.2 Å². The van der Waals surface area contributed by atoms with Gasteiger partial charge in [-0.15, -0.1) is 0 Å². The number of aliphatic hydroxyl groups is 1. The lowest BCUT2D eigenvalue weighted by molar-refractivity contribution is 0.0687. The second-order valence-corrected chi connectivity index (χ2v) is 3.83. The fourth-order valence-corrected chi connectivity index (χ4v) is 1.87. The number of aliphatic imine (C=N–C) groups is 1. The van der Waals surface area contributed by atoms with Crippen molar-refractivity contribution in [1.82, 2.24) is 9.55 Å². The molecule has 0 radical (unpaired) electrons. The summed E-state index contributed by atoms with van der Waals surface area (Å²) in [4.78, 5) is 27.9. The summed E-state index contributed by atoms with van der Waals surface area (Å²) in [6.45, 7) is 1.86. The van der Waals surface area contributed by atoms with Crippen LogP contribution in [0.4, 0.5) is 5.82 Å². The van der Waals surface area contributed by atoms with Crippen LogP contribution in [0.1, 0.15) is 19.6 Å². The van der Waals surface area contributed by atoms with Gasteiger partial charge in [-0.1, -0.05) is 0 Å².